The molecule has 2 unspecified atom stereocenters. The number of ether oxygens (including phenoxy) is 1. The lowest BCUT2D eigenvalue weighted by Crippen LogP contribution is -2.37. The van der Waals surface area contributed by atoms with Crippen LogP contribution in [0.2, 0.25) is 0 Å². The Hall–Kier alpha value is -3.12. The maximum atomic E-state index is 12.0. The molecule has 2 aromatic heterocycles. The number of anilines is 6. The number of methoxy groups -OCH3 is 1. The van der Waals surface area contributed by atoms with Crippen LogP contribution in [0, 0.1) is 0 Å². The Kier molecular flexibility index (Phi) is 6.08. The van der Waals surface area contributed by atoms with Gasteiger partial charge in [-0.05, 0) is 44.9 Å². The number of rotatable bonds is 9. The monoisotopic (exact) mass is 496 g/mol. The average molecular weight is 497 g/mol. The molecule has 0 aromatic carbocycles. The fourth-order valence-electron chi connectivity index (χ4n) is 5.34. The van der Waals surface area contributed by atoms with Crippen LogP contribution in [0.1, 0.15) is 56.6 Å². The fraction of sp³-hybridized carbons (Fsp3) is 0.667. The Bertz CT molecular complexity index is 1110. The van der Waals surface area contributed by atoms with E-state index in [4.69, 9.17) is 16.2 Å². The van der Waals surface area contributed by atoms with Crippen molar-refractivity contribution >= 4 is 35.2 Å². The molecule has 36 heavy (non-hydrogen) atoms. The molecule has 6 rings (SSSR count). The van der Waals surface area contributed by atoms with E-state index in [1.54, 1.807) is 7.11 Å². The molecule has 4 aliphatic rings. The second-order valence-corrected chi connectivity index (χ2v) is 10.4. The van der Waals surface area contributed by atoms with Crippen LogP contribution >= 0.6 is 0 Å². The number of aliphatic hydroxyl groups is 1. The van der Waals surface area contributed by atoms with Crippen LogP contribution < -0.4 is 31.9 Å². The van der Waals surface area contributed by atoms with Gasteiger partial charge in [0.15, 0.2) is 0 Å². The zero-order valence-corrected chi connectivity index (χ0v) is 20.7. The number of aromatic nitrogens is 4. The van der Waals surface area contributed by atoms with Gasteiger partial charge in [-0.15, -0.1) is 0 Å². The lowest BCUT2D eigenvalue weighted by Gasteiger charge is -2.33. The molecule has 0 radical (unpaired) electrons. The third-order valence-electron chi connectivity index (χ3n) is 7.55. The highest BCUT2D eigenvalue weighted by atomic mass is 16.5. The predicted octanol–water partition coefficient (Wildman–Crippen LogP) is 1.51. The van der Waals surface area contributed by atoms with Crippen LogP contribution in [0.4, 0.5) is 35.2 Å². The number of nitrogens with zero attached hydrogens (tertiary/aromatic N) is 6. The van der Waals surface area contributed by atoms with Crippen molar-refractivity contribution in [1.82, 2.24) is 19.9 Å². The summed E-state index contributed by atoms with van der Waals surface area (Å²) in [6, 6.07) is 2.53. The van der Waals surface area contributed by atoms with Gasteiger partial charge < -0.3 is 41.7 Å². The third kappa shape index (κ3) is 4.79. The van der Waals surface area contributed by atoms with Gasteiger partial charge in [-0.3, -0.25) is 0 Å². The Morgan fingerprint density at radius 2 is 1.72 bits per heavy atom. The first-order valence-corrected chi connectivity index (χ1v) is 13.1. The normalized spacial score (nSPS) is 24.8. The van der Waals surface area contributed by atoms with Crippen LogP contribution in [0.25, 0.3) is 0 Å². The van der Waals surface area contributed by atoms with E-state index in [9.17, 15) is 5.11 Å². The lowest BCUT2D eigenvalue weighted by atomic mass is 10.00. The largest absolute Gasteiger partial charge is 0.386 e. The fourth-order valence-corrected chi connectivity index (χ4v) is 5.34. The molecule has 12 nitrogen and oxygen atoms in total. The third-order valence-corrected chi connectivity index (χ3v) is 7.55. The van der Waals surface area contributed by atoms with Crippen LogP contribution in [0.5, 0.6) is 0 Å². The summed E-state index contributed by atoms with van der Waals surface area (Å²) >= 11 is 0. The Balaban J connectivity index is 1.34. The summed E-state index contributed by atoms with van der Waals surface area (Å²) in [4.78, 5) is 22.4. The molecule has 0 spiro atoms. The number of nitrogens with two attached hydrogens (primary N) is 2. The highest BCUT2D eigenvalue weighted by Crippen LogP contribution is 2.41. The Morgan fingerprint density at radius 1 is 0.972 bits per heavy atom. The smallest absolute Gasteiger partial charge is 0.223 e. The van der Waals surface area contributed by atoms with E-state index < -0.39 is 6.10 Å². The lowest BCUT2D eigenvalue weighted by molar-refractivity contribution is 0.121. The van der Waals surface area contributed by atoms with Crippen LogP contribution in [0.3, 0.4) is 0 Å². The van der Waals surface area contributed by atoms with Crippen molar-refractivity contribution in [2.75, 3.05) is 58.6 Å². The zero-order valence-electron chi connectivity index (χ0n) is 20.7. The standard InChI is InChI=1S/C24H36N10O2/c1-36-15-8-10-33(12-15)22-19(21(28-14-6-7-14)31-24(26)32-22)20(35)16-3-2-9-34(16)18-11-17(27-13-4-5-13)29-23(25)30-18/h11,13-16,20,35H,2-10,12H2,1H3,(H3,25,27,29,30)(H3,26,28,31,32)/t15?,16-,20?/m1/s1. The van der Waals surface area contributed by atoms with Crippen LogP contribution in [0.15, 0.2) is 6.07 Å². The Morgan fingerprint density at radius 3 is 2.44 bits per heavy atom. The van der Waals surface area contributed by atoms with Gasteiger partial charge in [-0.25, -0.2) is 0 Å². The first-order valence-electron chi connectivity index (χ1n) is 13.1. The molecule has 3 atom stereocenters. The summed E-state index contributed by atoms with van der Waals surface area (Å²) in [5, 5.41) is 18.9. The second-order valence-electron chi connectivity index (χ2n) is 10.4. The molecular weight excluding hydrogens is 460 g/mol. The summed E-state index contributed by atoms with van der Waals surface area (Å²) in [5.74, 6) is 3.19. The molecule has 7 N–H and O–H groups in total. The maximum absolute atomic E-state index is 12.0. The molecule has 2 aromatic rings. The van der Waals surface area contributed by atoms with Gasteiger partial charge in [-0.2, -0.15) is 19.9 Å². The summed E-state index contributed by atoms with van der Waals surface area (Å²) < 4.78 is 5.59. The van der Waals surface area contributed by atoms with E-state index in [0.29, 0.717) is 35.8 Å². The summed E-state index contributed by atoms with van der Waals surface area (Å²) in [7, 11) is 1.73. The van der Waals surface area contributed by atoms with Crippen LogP contribution in [-0.4, -0.2) is 76.0 Å². The number of hydrogen-bond acceptors (Lipinski definition) is 12. The molecule has 194 valence electrons. The quantitative estimate of drug-likeness (QED) is 0.340. The van der Waals surface area contributed by atoms with Crippen molar-refractivity contribution in [2.45, 2.75) is 75.3 Å². The summed E-state index contributed by atoms with van der Waals surface area (Å²) in [5.41, 5.74) is 12.9. The van der Waals surface area contributed by atoms with E-state index in [1.807, 2.05) is 6.07 Å². The van der Waals surface area contributed by atoms with Crippen LogP contribution in [-0.2, 0) is 4.74 Å². The highest BCUT2D eigenvalue weighted by molar-refractivity contribution is 5.65. The van der Waals surface area contributed by atoms with Gasteiger partial charge in [0.1, 0.15) is 29.4 Å². The topological polar surface area (TPSA) is 164 Å². The molecule has 2 saturated heterocycles. The Labute approximate surface area is 210 Å². The molecule has 12 heteroatoms. The minimum atomic E-state index is -0.845. The van der Waals surface area contributed by atoms with Crippen molar-refractivity contribution < 1.29 is 9.84 Å². The number of hydrogen-bond donors (Lipinski definition) is 5. The van der Waals surface area contributed by atoms with E-state index in [0.717, 1.165) is 69.7 Å². The van der Waals surface area contributed by atoms with Gasteiger partial charge >= 0.3 is 0 Å². The van der Waals surface area contributed by atoms with E-state index in [2.05, 4.69) is 40.4 Å². The van der Waals surface area contributed by atoms with Gasteiger partial charge in [-0.1, -0.05) is 0 Å². The molecule has 0 amide bonds. The molecule has 4 fully saturated rings. The van der Waals surface area contributed by atoms with E-state index >= 15 is 0 Å². The molecule has 2 aliphatic heterocycles. The van der Waals surface area contributed by atoms with E-state index in [-0.39, 0.29) is 24.0 Å². The molecule has 2 saturated carbocycles. The van der Waals surface area contributed by atoms with Crippen molar-refractivity contribution in [2.24, 2.45) is 0 Å². The van der Waals surface area contributed by atoms with Crippen molar-refractivity contribution in [1.29, 1.82) is 0 Å². The molecule has 4 heterocycles. The number of nitrogen functional groups attached to an aromatic ring is 2. The van der Waals surface area contributed by atoms with Gasteiger partial charge in [0.05, 0.1) is 17.7 Å². The molecule has 0 bridgehead atoms. The van der Waals surface area contributed by atoms with Crippen molar-refractivity contribution in [3.63, 3.8) is 0 Å². The van der Waals surface area contributed by atoms with Gasteiger partial charge in [0.2, 0.25) is 11.9 Å². The summed E-state index contributed by atoms with van der Waals surface area (Å²) in [6.45, 7) is 2.25. The zero-order chi connectivity index (χ0) is 24.8. The average Bonchev–Trinajstić information content (AvgIpc) is 3.74. The highest BCUT2D eigenvalue weighted by Gasteiger charge is 2.39. The molecular formula is C24H36N10O2. The minimum Gasteiger partial charge on any atom is -0.386 e. The predicted molar refractivity (Wildman–Crippen MR) is 139 cm³/mol. The first-order chi connectivity index (χ1) is 17.5. The number of aliphatic hydroxyl groups excluding tert-OH is 1. The van der Waals surface area contributed by atoms with Gasteiger partial charge in [0.25, 0.3) is 0 Å². The minimum absolute atomic E-state index is 0.121. The number of nitrogens with one attached hydrogen (secondary N) is 2. The first kappa shape index (κ1) is 23.3. The molecule has 2 aliphatic carbocycles. The van der Waals surface area contributed by atoms with Gasteiger partial charge in [0, 0.05) is 44.9 Å². The van der Waals surface area contributed by atoms with Crippen molar-refractivity contribution in [3.8, 4) is 0 Å². The second kappa shape index (κ2) is 9.40. The maximum Gasteiger partial charge on any atom is 0.223 e. The SMILES string of the molecule is COC1CCN(c2nc(N)nc(NC3CC3)c2C(O)[C@H]2CCCN2c2cc(NC3CC3)nc(N)n2)C1. The summed E-state index contributed by atoms with van der Waals surface area (Å²) in [6.07, 6.45) is 6.36. The van der Waals surface area contributed by atoms with Crippen molar-refractivity contribution in [3.05, 3.63) is 11.6 Å². The van der Waals surface area contributed by atoms with E-state index in [1.165, 1.54) is 0 Å².